The van der Waals surface area contributed by atoms with Crippen LogP contribution < -0.4 is 5.73 Å². The molecule has 1 aromatic rings. The van der Waals surface area contributed by atoms with Gasteiger partial charge in [-0.1, -0.05) is 39.0 Å². The van der Waals surface area contributed by atoms with Crippen molar-refractivity contribution in [2.75, 3.05) is 6.61 Å². The third-order valence-corrected chi connectivity index (χ3v) is 3.53. The fraction of sp³-hybridized carbons (Fsp3) is 0.625. The summed E-state index contributed by atoms with van der Waals surface area (Å²) < 4.78 is 5.89. The lowest BCUT2D eigenvalue weighted by molar-refractivity contribution is -0.0284. The minimum atomic E-state index is -0.0788. The zero-order valence-electron chi connectivity index (χ0n) is 12.6. The van der Waals surface area contributed by atoms with Gasteiger partial charge in [0.1, 0.15) is 0 Å². The van der Waals surface area contributed by atoms with Crippen LogP contribution in [0.1, 0.15) is 50.4 Å². The predicted octanol–water partition coefficient (Wildman–Crippen LogP) is 3.75. The van der Waals surface area contributed by atoms with Gasteiger partial charge in [0.15, 0.2) is 0 Å². The van der Waals surface area contributed by atoms with Crippen molar-refractivity contribution in [2.24, 2.45) is 11.1 Å². The first-order valence-corrected chi connectivity index (χ1v) is 6.72. The number of aryl methyl sites for hydroxylation is 1. The topological polar surface area (TPSA) is 35.2 Å². The lowest BCUT2D eigenvalue weighted by Crippen LogP contribution is -2.39. The van der Waals surface area contributed by atoms with Gasteiger partial charge in [-0.3, -0.25) is 0 Å². The van der Waals surface area contributed by atoms with Gasteiger partial charge in [-0.25, -0.2) is 0 Å². The molecule has 18 heavy (non-hydrogen) atoms. The summed E-state index contributed by atoms with van der Waals surface area (Å²) in [4.78, 5) is 0. The van der Waals surface area contributed by atoms with Gasteiger partial charge in [0, 0.05) is 6.61 Å². The Balaban J connectivity index is 3.10. The van der Waals surface area contributed by atoms with E-state index in [-0.39, 0.29) is 17.6 Å². The van der Waals surface area contributed by atoms with E-state index in [0.29, 0.717) is 6.61 Å². The van der Waals surface area contributed by atoms with Crippen molar-refractivity contribution in [1.82, 2.24) is 0 Å². The van der Waals surface area contributed by atoms with Crippen LogP contribution in [0.5, 0.6) is 0 Å². The predicted molar refractivity (Wildman–Crippen MR) is 77.7 cm³/mol. The molecular formula is C16H27NO. The number of benzene rings is 1. The van der Waals surface area contributed by atoms with Crippen molar-refractivity contribution in [3.05, 3.63) is 34.9 Å². The molecule has 1 aromatic carbocycles. The first-order valence-electron chi connectivity index (χ1n) is 6.72. The van der Waals surface area contributed by atoms with E-state index >= 15 is 0 Å². The van der Waals surface area contributed by atoms with Crippen LogP contribution in [0.25, 0.3) is 0 Å². The van der Waals surface area contributed by atoms with E-state index in [1.165, 1.54) is 16.7 Å². The van der Waals surface area contributed by atoms with Crippen LogP contribution in [-0.2, 0) is 4.74 Å². The normalized spacial score (nSPS) is 15.5. The Labute approximate surface area is 112 Å². The molecular weight excluding hydrogens is 222 g/mol. The van der Waals surface area contributed by atoms with Gasteiger partial charge in [0.05, 0.1) is 12.1 Å². The van der Waals surface area contributed by atoms with E-state index in [4.69, 9.17) is 10.5 Å². The van der Waals surface area contributed by atoms with Crippen LogP contribution in [0.3, 0.4) is 0 Å². The first-order chi connectivity index (χ1) is 8.29. The van der Waals surface area contributed by atoms with Crippen molar-refractivity contribution in [3.8, 4) is 0 Å². The highest BCUT2D eigenvalue weighted by atomic mass is 16.5. The Kier molecular flexibility index (Phi) is 4.94. The van der Waals surface area contributed by atoms with Gasteiger partial charge >= 0.3 is 0 Å². The maximum Gasteiger partial charge on any atom is 0.0815 e. The van der Waals surface area contributed by atoms with E-state index in [1.54, 1.807) is 0 Å². The summed E-state index contributed by atoms with van der Waals surface area (Å²) in [6.45, 7) is 13.5. The Hall–Kier alpha value is -0.860. The second kappa shape index (κ2) is 5.85. The molecule has 0 fully saturated rings. The minimum absolute atomic E-state index is 0.0306. The number of hydrogen-bond acceptors (Lipinski definition) is 2. The van der Waals surface area contributed by atoms with Gasteiger partial charge in [-0.2, -0.15) is 0 Å². The molecule has 0 saturated heterocycles. The second-order valence-corrected chi connectivity index (χ2v) is 6.06. The van der Waals surface area contributed by atoms with E-state index < -0.39 is 0 Å². The molecule has 2 nitrogen and oxygen atoms in total. The molecule has 0 radical (unpaired) electrons. The molecule has 0 amide bonds. The maximum absolute atomic E-state index is 6.46. The SMILES string of the molecule is CCOC(C(N)c1cccc(C)c1C)C(C)(C)C. The molecule has 0 heterocycles. The molecule has 2 heteroatoms. The molecule has 2 atom stereocenters. The van der Waals surface area contributed by atoms with E-state index in [1.807, 2.05) is 6.92 Å². The number of ether oxygens (including phenoxy) is 1. The quantitative estimate of drug-likeness (QED) is 0.882. The van der Waals surface area contributed by atoms with E-state index in [2.05, 4.69) is 52.8 Å². The number of nitrogens with two attached hydrogens (primary N) is 1. The average molecular weight is 249 g/mol. The van der Waals surface area contributed by atoms with E-state index in [9.17, 15) is 0 Å². The molecule has 0 spiro atoms. The Morgan fingerprint density at radius 3 is 2.33 bits per heavy atom. The fourth-order valence-corrected chi connectivity index (χ4v) is 2.37. The highest BCUT2D eigenvalue weighted by molar-refractivity contribution is 5.36. The monoisotopic (exact) mass is 249 g/mol. The zero-order valence-corrected chi connectivity index (χ0v) is 12.6. The summed E-state index contributed by atoms with van der Waals surface area (Å²) in [5.41, 5.74) is 10.2. The molecule has 0 bridgehead atoms. The van der Waals surface area contributed by atoms with E-state index in [0.717, 1.165) is 0 Å². The molecule has 0 aliphatic heterocycles. The van der Waals surface area contributed by atoms with Crippen molar-refractivity contribution >= 4 is 0 Å². The Morgan fingerprint density at radius 2 is 1.83 bits per heavy atom. The van der Waals surface area contributed by atoms with Crippen LogP contribution in [0.2, 0.25) is 0 Å². The molecule has 2 N–H and O–H groups in total. The van der Waals surface area contributed by atoms with Gasteiger partial charge in [-0.05, 0) is 42.9 Å². The molecule has 0 saturated carbocycles. The summed E-state index contributed by atoms with van der Waals surface area (Å²) >= 11 is 0. The largest absolute Gasteiger partial charge is 0.376 e. The maximum atomic E-state index is 6.46. The highest BCUT2D eigenvalue weighted by Crippen LogP contribution is 2.33. The summed E-state index contributed by atoms with van der Waals surface area (Å²) in [6, 6.07) is 6.23. The second-order valence-electron chi connectivity index (χ2n) is 6.06. The third kappa shape index (κ3) is 3.33. The smallest absolute Gasteiger partial charge is 0.0815 e. The lowest BCUT2D eigenvalue weighted by Gasteiger charge is -2.35. The average Bonchev–Trinajstić information content (AvgIpc) is 2.27. The van der Waals surface area contributed by atoms with Crippen molar-refractivity contribution < 1.29 is 4.74 Å². The Bertz CT molecular complexity index is 393. The van der Waals surface area contributed by atoms with Crippen molar-refractivity contribution in [3.63, 3.8) is 0 Å². The summed E-state index contributed by atoms with van der Waals surface area (Å²) in [6.07, 6.45) is 0.0306. The molecule has 102 valence electrons. The lowest BCUT2D eigenvalue weighted by atomic mass is 9.81. The fourth-order valence-electron chi connectivity index (χ4n) is 2.37. The summed E-state index contributed by atoms with van der Waals surface area (Å²) in [5.74, 6) is 0. The summed E-state index contributed by atoms with van der Waals surface area (Å²) in [7, 11) is 0. The third-order valence-electron chi connectivity index (χ3n) is 3.53. The van der Waals surface area contributed by atoms with Crippen LogP contribution >= 0.6 is 0 Å². The minimum Gasteiger partial charge on any atom is -0.376 e. The van der Waals surface area contributed by atoms with Crippen LogP contribution in [-0.4, -0.2) is 12.7 Å². The Morgan fingerprint density at radius 1 is 1.22 bits per heavy atom. The molecule has 0 aliphatic carbocycles. The first kappa shape index (κ1) is 15.2. The molecule has 0 aromatic heterocycles. The number of rotatable bonds is 4. The summed E-state index contributed by atoms with van der Waals surface area (Å²) in [5, 5.41) is 0. The molecule has 1 rings (SSSR count). The van der Waals surface area contributed by atoms with Crippen LogP contribution in [0, 0.1) is 19.3 Å². The van der Waals surface area contributed by atoms with Gasteiger partial charge < -0.3 is 10.5 Å². The highest BCUT2D eigenvalue weighted by Gasteiger charge is 2.32. The number of hydrogen-bond donors (Lipinski definition) is 1. The van der Waals surface area contributed by atoms with Gasteiger partial charge in [-0.15, -0.1) is 0 Å². The van der Waals surface area contributed by atoms with Gasteiger partial charge in [0.2, 0.25) is 0 Å². The van der Waals surface area contributed by atoms with Crippen molar-refractivity contribution in [1.29, 1.82) is 0 Å². The molecule has 2 unspecified atom stereocenters. The van der Waals surface area contributed by atoms with Gasteiger partial charge in [0.25, 0.3) is 0 Å². The van der Waals surface area contributed by atoms with Crippen LogP contribution in [0.15, 0.2) is 18.2 Å². The zero-order chi connectivity index (χ0) is 13.9. The molecule has 0 aliphatic rings. The van der Waals surface area contributed by atoms with Crippen molar-refractivity contribution in [2.45, 2.75) is 53.7 Å². The standard InChI is InChI=1S/C16H27NO/c1-7-18-15(16(4,5)6)14(17)13-10-8-9-11(2)12(13)3/h8-10,14-15H,7,17H2,1-6H3. The van der Waals surface area contributed by atoms with Crippen LogP contribution in [0.4, 0.5) is 0 Å².